The zero-order valence-electron chi connectivity index (χ0n) is 27.4. The number of carbonyl (C=O) groups excluding carboxylic acids is 4. The van der Waals surface area contributed by atoms with Crippen molar-refractivity contribution < 1.29 is 47.6 Å². The first kappa shape index (κ1) is 36.3. The normalized spacial score (nSPS) is 10.5. The van der Waals surface area contributed by atoms with Crippen LogP contribution in [0.4, 0.5) is 5.69 Å². The van der Waals surface area contributed by atoms with Crippen LogP contribution in [0.1, 0.15) is 44.7 Å². The van der Waals surface area contributed by atoms with Gasteiger partial charge in [0.2, 0.25) is 6.79 Å². The van der Waals surface area contributed by atoms with Gasteiger partial charge in [0.15, 0.2) is 0 Å². The minimum Gasteiger partial charge on any atom is -0.494 e. The van der Waals surface area contributed by atoms with Gasteiger partial charge in [0.1, 0.15) is 23.0 Å². The monoisotopic (exact) mass is 677 g/mol. The summed E-state index contributed by atoms with van der Waals surface area (Å²) in [7, 11) is 0. The summed E-state index contributed by atoms with van der Waals surface area (Å²) in [5.74, 6) is -0.310. The first-order chi connectivity index (χ1) is 24.2. The smallest absolute Gasteiger partial charge is 0.343 e. The third kappa shape index (κ3) is 11.6. The molecule has 0 saturated heterocycles. The Kier molecular flexibility index (Phi) is 13.6. The standard InChI is InChI=1S/C39H35NO10/c1-4-36(41)46-23-7-6-22-45-32-17-10-30(11-18-32)39(44)50-35-21-14-31(24-27(35)3)40-25-28-8-15-34(16-9-28)49-38(43)29-12-19-33(20-13-29)47-26-48-37(42)5-2/h4-5,8-21,24-25H,1-2,6-7,22-23,26H2,3H3/b40-25+. The van der Waals surface area contributed by atoms with Crippen molar-refractivity contribution in [1.29, 1.82) is 0 Å². The molecular formula is C39H35NO10. The van der Waals surface area contributed by atoms with Crippen molar-refractivity contribution in [1.82, 2.24) is 0 Å². The number of benzene rings is 4. The van der Waals surface area contributed by atoms with Crippen LogP contribution in [0.3, 0.4) is 0 Å². The summed E-state index contributed by atoms with van der Waals surface area (Å²) in [4.78, 5) is 51.9. The van der Waals surface area contributed by atoms with E-state index in [1.807, 2.05) is 6.92 Å². The lowest BCUT2D eigenvalue weighted by molar-refractivity contribution is -0.144. The molecule has 4 aromatic rings. The summed E-state index contributed by atoms with van der Waals surface area (Å²) in [6.45, 7) is 8.94. The van der Waals surface area contributed by atoms with Crippen LogP contribution in [0.25, 0.3) is 0 Å². The van der Waals surface area contributed by atoms with Crippen molar-refractivity contribution >= 4 is 35.8 Å². The van der Waals surface area contributed by atoms with Gasteiger partial charge in [-0.25, -0.2) is 19.2 Å². The molecule has 0 N–H and O–H groups in total. The topological polar surface area (TPSA) is 136 Å². The molecule has 4 rings (SSSR count). The molecule has 11 heteroatoms. The maximum atomic E-state index is 12.7. The largest absolute Gasteiger partial charge is 0.494 e. The molecule has 256 valence electrons. The second-order valence-electron chi connectivity index (χ2n) is 10.5. The minimum absolute atomic E-state index is 0.277. The van der Waals surface area contributed by atoms with Gasteiger partial charge in [-0.1, -0.05) is 13.2 Å². The number of carbonyl (C=O) groups is 4. The summed E-state index contributed by atoms with van der Waals surface area (Å²) >= 11 is 0. The lowest BCUT2D eigenvalue weighted by atomic mass is 10.2. The molecule has 0 heterocycles. The molecule has 0 radical (unpaired) electrons. The van der Waals surface area contributed by atoms with Crippen LogP contribution in [0.2, 0.25) is 0 Å². The van der Waals surface area contributed by atoms with E-state index in [9.17, 15) is 19.2 Å². The highest BCUT2D eigenvalue weighted by atomic mass is 16.7. The van der Waals surface area contributed by atoms with E-state index in [4.69, 9.17) is 28.4 Å². The Hall–Kier alpha value is -6.49. The maximum absolute atomic E-state index is 12.7. The highest BCUT2D eigenvalue weighted by Gasteiger charge is 2.12. The molecule has 0 aliphatic heterocycles. The number of aliphatic imine (C=N–C) groups is 1. The zero-order chi connectivity index (χ0) is 35.7. The third-order valence-corrected chi connectivity index (χ3v) is 6.81. The van der Waals surface area contributed by atoms with Gasteiger partial charge in [0.05, 0.1) is 30.0 Å². The fraction of sp³-hybridized carbons (Fsp3) is 0.154. The SMILES string of the molecule is C=CC(=O)OCCCCOc1ccc(C(=O)Oc2ccc(/N=C/c3ccc(OC(=O)c4ccc(OCOC(=O)C=C)cc4)cc3)cc2C)cc1. The van der Waals surface area contributed by atoms with E-state index < -0.39 is 23.9 Å². The van der Waals surface area contributed by atoms with Crippen LogP contribution in [0.5, 0.6) is 23.0 Å². The average Bonchev–Trinajstić information content (AvgIpc) is 3.14. The lowest BCUT2D eigenvalue weighted by Crippen LogP contribution is -2.09. The van der Waals surface area contributed by atoms with Crippen molar-refractivity contribution in [2.45, 2.75) is 19.8 Å². The highest BCUT2D eigenvalue weighted by molar-refractivity contribution is 5.92. The van der Waals surface area contributed by atoms with Crippen LogP contribution in [0, 0.1) is 6.92 Å². The molecule has 11 nitrogen and oxygen atoms in total. The molecule has 0 fully saturated rings. The van der Waals surface area contributed by atoms with Crippen molar-refractivity contribution in [3.63, 3.8) is 0 Å². The van der Waals surface area contributed by atoms with Crippen molar-refractivity contribution in [2.24, 2.45) is 4.99 Å². The molecular weight excluding hydrogens is 642 g/mol. The average molecular weight is 678 g/mol. The summed E-state index contributed by atoms with van der Waals surface area (Å²) in [6.07, 6.45) is 5.19. The highest BCUT2D eigenvalue weighted by Crippen LogP contribution is 2.25. The summed E-state index contributed by atoms with van der Waals surface area (Å²) in [6, 6.07) is 24.9. The second-order valence-corrected chi connectivity index (χ2v) is 10.5. The maximum Gasteiger partial charge on any atom is 0.343 e. The van der Waals surface area contributed by atoms with Crippen LogP contribution >= 0.6 is 0 Å². The van der Waals surface area contributed by atoms with Gasteiger partial charge in [-0.3, -0.25) is 4.99 Å². The molecule has 0 atom stereocenters. The Morgan fingerprint density at radius 3 is 1.82 bits per heavy atom. The van der Waals surface area contributed by atoms with Gasteiger partial charge in [-0.2, -0.15) is 0 Å². The number of hydrogen-bond acceptors (Lipinski definition) is 11. The Morgan fingerprint density at radius 1 is 0.640 bits per heavy atom. The van der Waals surface area contributed by atoms with Gasteiger partial charge >= 0.3 is 23.9 Å². The first-order valence-electron chi connectivity index (χ1n) is 15.5. The lowest BCUT2D eigenvalue weighted by Gasteiger charge is -2.09. The fourth-order valence-corrected chi connectivity index (χ4v) is 4.14. The zero-order valence-corrected chi connectivity index (χ0v) is 27.4. The second kappa shape index (κ2) is 18.7. The Bertz CT molecular complexity index is 1830. The van der Waals surface area contributed by atoms with Crippen LogP contribution in [0.15, 0.2) is 121 Å². The van der Waals surface area contributed by atoms with Gasteiger partial charge in [0.25, 0.3) is 0 Å². The van der Waals surface area contributed by atoms with E-state index in [1.165, 1.54) is 12.1 Å². The van der Waals surface area contributed by atoms with Gasteiger partial charge in [-0.05, 0) is 122 Å². The van der Waals surface area contributed by atoms with Crippen LogP contribution < -0.4 is 18.9 Å². The Balaban J connectivity index is 1.22. The number of nitrogens with zero attached hydrogens (tertiary/aromatic N) is 1. The van der Waals surface area contributed by atoms with Crippen molar-refractivity contribution in [2.75, 3.05) is 20.0 Å². The summed E-state index contributed by atoms with van der Waals surface area (Å²) < 4.78 is 31.7. The van der Waals surface area contributed by atoms with E-state index in [-0.39, 0.29) is 6.79 Å². The quantitative estimate of drug-likeness (QED) is 0.0283. The molecule has 0 aliphatic rings. The van der Waals surface area contributed by atoms with Crippen LogP contribution in [-0.4, -0.2) is 50.1 Å². The number of esters is 4. The molecule has 0 aromatic heterocycles. The number of aryl methyl sites for hydroxylation is 1. The number of unbranched alkanes of at least 4 members (excludes halogenated alkanes) is 1. The third-order valence-electron chi connectivity index (χ3n) is 6.81. The summed E-state index contributed by atoms with van der Waals surface area (Å²) in [5.41, 5.74) is 2.85. The van der Waals surface area contributed by atoms with E-state index in [2.05, 4.69) is 18.2 Å². The van der Waals surface area contributed by atoms with E-state index in [0.29, 0.717) is 65.9 Å². The Morgan fingerprint density at radius 2 is 1.20 bits per heavy atom. The molecule has 0 amide bonds. The Labute approximate surface area is 289 Å². The van der Waals surface area contributed by atoms with Crippen LogP contribution in [-0.2, 0) is 19.1 Å². The molecule has 0 saturated carbocycles. The molecule has 0 aliphatic carbocycles. The van der Waals surface area contributed by atoms with Crippen molar-refractivity contribution in [3.05, 3.63) is 139 Å². The fourth-order valence-electron chi connectivity index (χ4n) is 4.14. The van der Waals surface area contributed by atoms with E-state index in [0.717, 1.165) is 23.3 Å². The van der Waals surface area contributed by atoms with Crippen molar-refractivity contribution in [3.8, 4) is 23.0 Å². The molecule has 4 aromatic carbocycles. The molecule has 0 bridgehead atoms. The van der Waals surface area contributed by atoms with Gasteiger partial charge in [-0.15, -0.1) is 0 Å². The molecule has 0 spiro atoms. The minimum atomic E-state index is -0.601. The molecule has 0 unspecified atom stereocenters. The summed E-state index contributed by atoms with van der Waals surface area (Å²) in [5, 5.41) is 0. The van der Waals surface area contributed by atoms with E-state index in [1.54, 1.807) is 85.1 Å². The number of rotatable bonds is 17. The van der Waals surface area contributed by atoms with Gasteiger partial charge < -0.3 is 28.4 Å². The number of ether oxygens (including phenoxy) is 6. The van der Waals surface area contributed by atoms with Gasteiger partial charge in [0, 0.05) is 18.4 Å². The number of hydrogen-bond donors (Lipinski definition) is 0. The predicted octanol–water partition coefficient (Wildman–Crippen LogP) is 7.14. The molecule has 50 heavy (non-hydrogen) atoms. The van der Waals surface area contributed by atoms with E-state index >= 15 is 0 Å². The predicted molar refractivity (Wildman–Crippen MR) is 185 cm³/mol. The first-order valence-corrected chi connectivity index (χ1v) is 15.5.